The van der Waals surface area contributed by atoms with Gasteiger partial charge in [-0.1, -0.05) is 0 Å². The van der Waals surface area contributed by atoms with Crippen LogP contribution in [-0.2, 0) is 188 Å². The van der Waals surface area contributed by atoms with Gasteiger partial charge in [-0.05, 0) is 0 Å². The zero-order valence-electron chi connectivity index (χ0n) is 12.2. The molecule has 168 valence electrons. The van der Waals surface area contributed by atoms with E-state index >= 15 is 0 Å². The van der Waals surface area contributed by atoms with E-state index in [-0.39, 0.29) is 51.7 Å². The largest absolute Gasteiger partial charge is 3.00 e. The Balaban J connectivity index is -0.0000000960. The van der Waals surface area contributed by atoms with Crippen LogP contribution in [-0.4, -0.2) is 0 Å². The molecule has 0 unspecified atom stereocenters. The van der Waals surface area contributed by atoms with Crippen molar-refractivity contribution in [1.29, 1.82) is 0 Å². The standard InChI is InChI=1S/6Cr.21O.2Sc/q;;;;;;;;;;;;;;;;;;;;;6*-1;2*+3. The topological polar surface area (TPSA) is 371 Å². The first kappa shape index (κ1) is 41.4. The van der Waals surface area contributed by atoms with Crippen LogP contribution >= 0.6 is 0 Å². The summed E-state index contributed by atoms with van der Waals surface area (Å²) in [5.74, 6) is 0. The maximum atomic E-state index is 9.38. The van der Waals surface area contributed by atoms with E-state index in [2.05, 4.69) is 8.52 Å². The van der Waals surface area contributed by atoms with Gasteiger partial charge in [-0.25, -0.2) is 0 Å². The van der Waals surface area contributed by atoms with Crippen molar-refractivity contribution in [2.45, 2.75) is 0 Å². The average molecular weight is 738 g/mol. The average Bonchev–Trinajstić information content (AvgIpc) is 1.96. The summed E-state index contributed by atoms with van der Waals surface area (Å²) in [6.07, 6.45) is 0. The molecule has 21 nitrogen and oxygen atoms in total. The molecule has 0 bridgehead atoms. The predicted octanol–water partition coefficient (Wildman–Crippen LogP) is -8.78. The Morgan fingerprint density at radius 2 is 0.379 bits per heavy atom. The molecule has 0 atom stereocenters. The van der Waals surface area contributed by atoms with Gasteiger partial charge in [0.15, 0.2) is 0 Å². The van der Waals surface area contributed by atoms with Gasteiger partial charge < -0.3 is 0 Å². The Bertz CT molecular complexity index is 854. The molecule has 0 fully saturated rings. The van der Waals surface area contributed by atoms with Crippen LogP contribution in [0.15, 0.2) is 0 Å². The smallest absolute Gasteiger partial charge is 3.00 e. The Kier molecular flexibility index (Phi) is 21.6. The third kappa shape index (κ3) is 58.9. The van der Waals surface area contributed by atoms with Gasteiger partial charge in [0.1, 0.15) is 0 Å². The van der Waals surface area contributed by atoms with E-state index in [1.165, 1.54) is 0 Å². The third-order valence-electron chi connectivity index (χ3n) is 0.500. The van der Waals surface area contributed by atoms with E-state index in [4.69, 9.17) is 0 Å². The third-order valence-corrected chi connectivity index (χ3v) is 8.50. The van der Waals surface area contributed by atoms with Crippen molar-refractivity contribution in [1.82, 2.24) is 0 Å². The van der Waals surface area contributed by atoms with Gasteiger partial charge in [-0.3, -0.25) is 0 Å². The van der Waals surface area contributed by atoms with E-state index in [0.717, 1.165) is 0 Å². The van der Waals surface area contributed by atoms with Crippen LogP contribution in [0.3, 0.4) is 0 Å². The molecule has 0 saturated heterocycles. The fraction of sp³-hybridized carbons (Fsp3) is 0. The normalized spacial score (nSPS) is 12.6. The van der Waals surface area contributed by atoms with Gasteiger partial charge in [0.25, 0.3) is 0 Å². The van der Waals surface area contributed by atoms with Gasteiger partial charge >= 0.3 is 212 Å². The summed E-state index contributed by atoms with van der Waals surface area (Å²) < 4.78 is 177. The van der Waals surface area contributed by atoms with Crippen LogP contribution in [0.25, 0.3) is 0 Å². The van der Waals surface area contributed by atoms with E-state index in [0.29, 0.717) is 0 Å². The zero-order chi connectivity index (χ0) is 23.1. The molecule has 0 aliphatic carbocycles. The van der Waals surface area contributed by atoms with Crippen molar-refractivity contribution in [3.05, 3.63) is 0 Å². The van der Waals surface area contributed by atoms with Crippen molar-refractivity contribution in [2.24, 2.45) is 0 Å². The number of hydrogen-bond acceptors (Lipinski definition) is 21. The minimum atomic E-state index is -6.07. The minimum Gasteiger partial charge on any atom is 3.00 e. The first-order chi connectivity index (χ1) is 11.1. The fourth-order valence-corrected chi connectivity index (χ4v) is 5.21. The number of rotatable bonds is 6. The first-order valence-corrected chi connectivity index (χ1v) is 16.5. The van der Waals surface area contributed by atoms with Crippen molar-refractivity contribution in [3.63, 3.8) is 0 Å². The quantitative estimate of drug-likeness (QED) is 0.244. The summed E-state index contributed by atoms with van der Waals surface area (Å²) in [7, 11) is 0. The molecule has 0 aliphatic heterocycles. The Morgan fingerprint density at radius 3 is 0.379 bits per heavy atom. The molecule has 0 aromatic heterocycles. The Morgan fingerprint density at radius 1 is 0.310 bits per heavy atom. The molecule has 0 heterocycles. The fourth-order valence-electron chi connectivity index (χ4n) is 0.306. The maximum Gasteiger partial charge on any atom is 3.00 e. The molecule has 0 aromatic rings. The summed E-state index contributed by atoms with van der Waals surface area (Å²) >= 11 is -36.4. The molecule has 0 aliphatic rings. The van der Waals surface area contributed by atoms with Gasteiger partial charge in [0, 0.05) is 0 Å². The molecule has 0 amide bonds. The molecular weight excluding hydrogens is 738 g/mol. The first-order valence-electron chi connectivity index (χ1n) is 4.00. The van der Waals surface area contributed by atoms with Crippen LogP contribution in [0, 0.1) is 0 Å². The van der Waals surface area contributed by atoms with Crippen molar-refractivity contribution in [3.8, 4) is 0 Å². The monoisotopic (exact) mass is 737 g/mol. The van der Waals surface area contributed by atoms with Gasteiger partial charge in [0.2, 0.25) is 0 Å². The van der Waals surface area contributed by atoms with Gasteiger partial charge in [0.05, 0.1) is 0 Å². The van der Waals surface area contributed by atoms with Crippen molar-refractivity contribution >= 4 is 0 Å². The molecule has 0 radical (unpaired) electrons. The van der Waals surface area contributed by atoms with E-state index in [9.17, 15) is 70.6 Å². The Hall–Kier alpha value is 2.18. The van der Waals surface area contributed by atoms with Crippen LogP contribution in [0.4, 0.5) is 0 Å². The zero-order valence-corrected chi connectivity index (χ0v) is 23.4. The summed E-state index contributed by atoms with van der Waals surface area (Å²) in [6, 6.07) is 0. The summed E-state index contributed by atoms with van der Waals surface area (Å²) in [6.45, 7) is 0. The molecule has 0 aromatic carbocycles. The second-order valence-electron chi connectivity index (χ2n) is 2.65. The Labute approximate surface area is 209 Å². The van der Waals surface area contributed by atoms with Crippen LogP contribution in [0.5, 0.6) is 0 Å². The molecule has 0 rings (SSSR count). The SMILES string of the molecule is [O]=[Cr](=[O])([O-])[O][Cr](=[O])(=[O])[O-].[O]=[Cr](=[O])([O-])[O][Cr](=[O])(=[O])[O-].[O]=[Cr](=[O])([O-])[O][Cr](=[O])(=[O])[O-].[Sc+3].[Sc+3]. The van der Waals surface area contributed by atoms with Crippen molar-refractivity contribution in [2.75, 3.05) is 0 Å². The summed E-state index contributed by atoms with van der Waals surface area (Å²) in [5.41, 5.74) is 0. The van der Waals surface area contributed by atoms with Crippen LogP contribution in [0.2, 0.25) is 0 Å². The van der Waals surface area contributed by atoms with Crippen LogP contribution < -0.4 is 24.9 Å². The molecule has 0 saturated carbocycles. The molecular formula is Cr6O21Sc2. The van der Waals surface area contributed by atoms with E-state index in [1.54, 1.807) is 0 Å². The molecule has 29 heteroatoms. The maximum absolute atomic E-state index is 9.38. The van der Waals surface area contributed by atoms with Gasteiger partial charge in [-0.15, -0.1) is 0 Å². The van der Waals surface area contributed by atoms with Gasteiger partial charge in [-0.2, -0.15) is 0 Å². The molecule has 0 spiro atoms. The summed E-state index contributed by atoms with van der Waals surface area (Å²) in [5, 5.41) is 0. The van der Waals surface area contributed by atoms with Crippen LogP contribution in [0.1, 0.15) is 0 Å². The molecule has 0 N–H and O–H groups in total. The van der Waals surface area contributed by atoms with E-state index in [1.807, 2.05) is 0 Å². The minimum absolute atomic E-state index is 0. The molecule has 29 heavy (non-hydrogen) atoms. The second-order valence-corrected chi connectivity index (χ2v) is 13.6. The number of hydrogen-bond donors (Lipinski definition) is 0. The van der Waals surface area contributed by atoms with E-state index < -0.39 is 81.7 Å². The second kappa shape index (κ2) is 15.1. The predicted molar refractivity (Wildman–Crippen MR) is 11.5 cm³/mol. The van der Waals surface area contributed by atoms with Crippen molar-refractivity contribution < 1.29 is 212 Å². The summed E-state index contributed by atoms with van der Waals surface area (Å²) in [4.78, 5) is 0.